The first kappa shape index (κ1) is 25.8. The van der Waals surface area contributed by atoms with Gasteiger partial charge in [-0.3, -0.25) is 0 Å². The number of aryl methyl sites for hydroxylation is 1. The van der Waals surface area contributed by atoms with Gasteiger partial charge in [0.15, 0.2) is 5.69 Å². The van der Waals surface area contributed by atoms with Gasteiger partial charge in [-0.25, -0.2) is 9.83 Å². The van der Waals surface area contributed by atoms with Gasteiger partial charge in [0, 0.05) is 44.0 Å². The molecule has 4 aromatic carbocycles. The van der Waals surface area contributed by atoms with Crippen molar-refractivity contribution in [1.29, 1.82) is 0 Å². The number of amidine groups is 1. The van der Waals surface area contributed by atoms with Crippen molar-refractivity contribution in [2.75, 3.05) is 4.90 Å². The molecule has 1 aromatic heterocycles. The molecule has 7 heteroatoms. The zero-order valence-corrected chi connectivity index (χ0v) is 23.5. The average molecular weight is 703 g/mol. The van der Waals surface area contributed by atoms with Crippen LogP contribution in [0.4, 0.5) is 11.4 Å². The largest absolute Gasteiger partial charge is 0.506 e. The van der Waals surface area contributed by atoms with Crippen LogP contribution >= 0.6 is 0 Å². The monoisotopic (exact) mass is 702 g/mol. The van der Waals surface area contributed by atoms with Crippen molar-refractivity contribution in [2.45, 2.75) is 24.9 Å². The van der Waals surface area contributed by atoms with Gasteiger partial charge in [0.1, 0.15) is 11.3 Å². The second-order valence-corrected chi connectivity index (χ2v) is 9.73. The molecule has 1 aliphatic carbocycles. The Balaban J connectivity index is 0.00000289. The number of fused-ring (bicyclic) bond motifs is 4. The zero-order chi connectivity index (χ0) is 26.3. The van der Waals surface area contributed by atoms with Crippen molar-refractivity contribution >= 4 is 28.1 Å². The van der Waals surface area contributed by atoms with Gasteiger partial charge in [-0.05, 0) is 48.2 Å². The van der Waals surface area contributed by atoms with E-state index < -0.39 is 0 Å². The number of ether oxygens (including phenoxy) is 1. The number of aromatic hydroxyl groups is 1. The number of para-hydroxylation sites is 1. The summed E-state index contributed by atoms with van der Waals surface area (Å²) in [5.41, 5.74) is 5.52. The molecule has 1 aliphatic heterocycles. The number of phenolic OH excluding ortho intramolecular Hbond substituents is 1. The molecule has 0 amide bonds. The Kier molecular flexibility index (Phi) is 6.84. The molecule has 6 nitrogen and oxygen atoms in total. The third kappa shape index (κ3) is 4.53. The summed E-state index contributed by atoms with van der Waals surface area (Å²) in [6, 6.07) is 34.6. The zero-order valence-electron chi connectivity index (χ0n) is 21.3. The standard InChI is InChI=1S/C33H23N4O2.Pt/c1-34-24-14-16-25(17-15-24)37-28-18-12-21-6-2-3-10-27(21)32(28)36-33(37)23-8-4-9-26(20-23)39-30-19-13-22-7-5-11-29(38)31(22)35-30;/h2-11,13-17,19,28,32,38H,12,18H2;/q-1;/t28-,32-;/m0./s1. The van der Waals surface area contributed by atoms with Crippen LogP contribution in [0.15, 0.2) is 102 Å². The number of hydrogen-bond acceptors (Lipinski definition) is 5. The maximum Gasteiger partial charge on any atom is 0.217 e. The van der Waals surface area contributed by atoms with Crippen molar-refractivity contribution in [3.63, 3.8) is 0 Å². The van der Waals surface area contributed by atoms with Crippen LogP contribution in [0.3, 0.4) is 0 Å². The van der Waals surface area contributed by atoms with E-state index in [4.69, 9.17) is 16.3 Å². The SMILES string of the molecule is [C-]#[N+]c1ccc(N2C(c3[c-]c(Oc4ccc5cccc(O)c5n4)ccc3)=N[C@H]3c4ccccc4CC[C@@H]32)cc1.[Pt]. The number of aromatic nitrogens is 1. The maximum absolute atomic E-state index is 10.2. The van der Waals surface area contributed by atoms with Gasteiger partial charge in [0.05, 0.1) is 24.5 Å². The van der Waals surface area contributed by atoms with Gasteiger partial charge in [-0.15, -0.1) is 23.8 Å². The smallest absolute Gasteiger partial charge is 0.217 e. The predicted molar refractivity (Wildman–Crippen MR) is 152 cm³/mol. The molecule has 198 valence electrons. The fourth-order valence-electron chi connectivity index (χ4n) is 5.62. The minimum atomic E-state index is 0. The number of rotatable bonds is 4. The first-order valence-electron chi connectivity index (χ1n) is 12.9. The van der Waals surface area contributed by atoms with Crippen LogP contribution in [0.2, 0.25) is 0 Å². The Hall–Kier alpha value is -4.46. The summed E-state index contributed by atoms with van der Waals surface area (Å²) in [6.07, 6.45) is 1.96. The molecule has 5 aromatic rings. The number of nitrogens with zero attached hydrogens (tertiary/aromatic N) is 4. The second kappa shape index (κ2) is 10.6. The van der Waals surface area contributed by atoms with Crippen LogP contribution in [0.1, 0.15) is 29.2 Å². The van der Waals surface area contributed by atoms with Gasteiger partial charge < -0.3 is 19.7 Å². The van der Waals surface area contributed by atoms with Crippen LogP contribution in [0, 0.1) is 12.6 Å². The normalized spacial score (nSPS) is 17.3. The third-order valence-electron chi connectivity index (χ3n) is 7.42. The fraction of sp³-hybridized carbons (Fsp3) is 0.121. The van der Waals surface area contributed by atoms with Crippen LogP contribution < -0.4 is 9.64 Å². The Morgan fingerprint density at radius 3 is 2.60 bits per heavy atom. The summed E-state index contributed by atoms with van der Waals surface area (Å²) in [5, 5.41) is 11.1. The Bertz CT molecular complexity index is 1800. The summed E-state index contributed by atoms with van der Waals surface area (Å²) >= 11 is 0. The first-order valence-corrected chi connectivity index (χ1v) is 12.9. The maximum atomic E-state index is 10.2. The van der Waals surface area contributed by atoms with Crippen molar-refractivity contribution in [3.05, 3.63) is 131 Å². The third-order valence-corrected chi connectivity index (χ3v) is 7.42. The molecule has 2 aliphatic rings. The molecule has 2 heterocycles. The molecule has 0 radical (unpaired) electrons. The Labute approximate surface area is 246 Å². The summed E-state index contributed by atoms with van der Waals surface area (Å²) in [4.78, 5) is 15.6. The minimum Gasteiger partial charge on any atom is -0.506 e. The molecular formula is C33H23N4O2Pt-. The summed E-state index contributed by atoms with van der Waals surface area (Å²) < 4.78 is 6.10. The molecule has 1 N–H and O–H groups in total. The van der Waals surface area contributed by atoms with E-state index in [1.807, 2.05) is 54.6 Å². The van der Waals surface area contributed by atoms with E-state index in [1.165, 1.54) is 11.1 Å². The summed E-state index contributed by atoms with van der Waals surface area (Å²) in [5.74, 6) is 1.82. The van der Waals surface area contributed by atoms with Crippen LogP contribution in [-0.2, 0) is 27.5 Å². The average Bonchev–Trinajstić information content (AvgIpc) is 3.38. The van der Waals surface area contributed by atoms with E-state index in [9.17, 15) is 5.11 Å². The van der Waals surface area contributed by atoms with Gasteiger partial charge in [-0.1, -0.05) is 54.6 Å². The van der Waals surface area contributed by atoms with E-state index >= 15 is 0 Å². The quantitative estimate of drug-likeness (QED) is 0.199. The Morgan fingerprint density at radius 2 is 1.75 bits per heavy atom. The first-order chi connectivity index (χ1) is 19.2. The molecule has 0 spiro atoms. The van der Waals surface area contributed by atoms with Gasteiger partial charge in [-0.2, -0.15) is 0 Å². The van der Waals surface area contributed by atoms with Gasteiger partial charge >= 0.3 is 0 Å². The van der Waals surface area contributed by atoms with Crippen molar-refractivity contribution in [2.24, 2.45) is 4.99 Å². The number of pyridine rings is 1. The number of phenols is 1. The van der Waals surface area contributed by atoms with Crippen LogP contribution in [0.25, 0.3) is 15.7 Å². The fourth-order valence-corrected chi connectivity index (χ4v) is 5.62. The number of aliphatic imine (C=N–C) groups is 1. The summed E-state index contributed by atoms with van der Waals surface area (Å²) in [6.45, 7) is 7.35. The summed E-state index contributed by atoms with van der Waals surface area (Å²) in [7, 11) is 0. The number of anilines is 1. The van der Waals surface area contributed by atoms with E-state index in [-0.39, 0.29) is 38.9 Å². The van der Waals surface area contributed by atoms with E-state index in [0.29, 0.717) is 22.8 Å². The van der Waals surface area contributed by atoms with Crippen molar-refractivity contribution < 1.29 is 30.9 Å². The Morgan fingerprint density at radius 1 is 0.925 bits per heavy atom. The van der Waals surface area contributed by atoms with Crippen LogP contribution in [0.5, 0.6) is 17.4 Å². The van der Waals surface area contributed by atoms with Gasteiger partial charge in [0.25, 0.3) is 0 Å². The molecule has 0 saturated heterocycles. The minimum absolute atomic E-state index is 0. The topological polar surface area (TPSA) is 62.3 Å². The number of hydrogen-bond donors (Lipinski definition) is 1. The predicted octanol–water partition coefficient (Wildman–Crippen LogP) is 7.40. The van der Waals surface area contributed by atoms with E-state index in [2.05, 4.69) is 45.1 Å². The van der Waals surface area contributed by atoms with Crippen molar-refractivity contribution in [1.82, 2.24) is 4.98 Å². The number of benzene rings is 4. The molecule has 7 rings (SSSR count). The van der Waals surface area contributed by atoms with Crippen molar-refractivity contribution in [3.8, 4) is 17.4 Å². The molecule has 0 saturated carbocycles. The van der Waals surface area contributed by atoms with Gasteiger partial charge in [0.2, 0.25) is 5.88 Å². The molecule has 40 heavy (non-hydrogen) atoms. The molecule has 0 fully saturated rings. The molecule has 0 bridgehead atoms. The molecule has 2 atom stereocenters. The van der Waals surface area contributed by atoms with E-state index in [1.54, 1.807) is 18.2 Å². The second-order valence-electron chi connectivity index (χ2n) is 9.73. The molecule has 0 unspecified atom stereocenters. The van der Waals surface area contributed by atoms with Crippen LogP contribution in [-0.4, -0.2) is 22.0 Å². The van der Waals surface area contributed by atoms with E-state index in [0.717, 1.165) is 35.3 Å². The molecular weight excluding hydrogens is 679 g/mol.